The number of rotatable bonds is 24. The fraction of sp³-hybridized carbons (Fsp3) is 0.964. The average molecular weight is 424 g/mol. The first-order valence-electron chi connectivity index (χ1n) is 13.9. The van der Waals surface area contributed by atoms with Crippen molar-refractivity contribution in [1.82, 2.24) is 0 Å². The fourth-order valence-corrected chi connectivity index (χ4v) is 4.83. The van der Waals surface area contributed by atoms with Crippen LogP contribution in [0.25, 0.3) is 0 Å². The maximum absolute atomic E-state index is 12.6. The van der Waals surface area contributed by atoms with Crippen molar-refractivity contribution in [3.05, 3.63) is 0 Å². The number of hydrogen-bond donors (Lipinski definition) is 1. The lowest BCUT2D eigenvalue weighted by molar-refractivity contribution is -0.129. The van der Waals surface area contributed by atoms with Gasteiger partial charge in [-0.25, -0.2) is 0 Å². The first-order chi connectivity index (χ1) is 14.6. The summed E-state index contributed by atoms with van der Waals surface area (Å²) in [6, 6.07) is 0. The van der Waals surface area contributed by atoms with Gasteiger partial charge in [0.15, 0.2) is 0 Å². The van der Waals surface area contributed by atoms with E-state index in [9.17, 15) is 4.79 Å². The largest absolute Gasteiger partial charge is 0.369 e. The second-order valence-corrected chi connectivity index (χ2v) is 9.90. The molecule has 2 nitrogen and oxygen atoms in total. The first-order valence-corrected chi connectivity index (χ1v) is 13.9. The molecule has 0 bridgehead atoms. The Kier molecular flexibility index (Phi) is 21.3. The summed E-state index contributed by atoms with van der Waals surface area (Å²) < 4.78 is 0. The van der Waals surface area contributed by atoms with Gasteiger partial charge in [-0.2, -0.15) is 0 Å². The van der Waals surface area contributed by atoms with E-state index in [1.807, 2.05) is 0 Å². The van der Waals surface area contributed by atoms with Crippen LogP contribution in [0.5, 0.6) is 0 Å². The molecule has 2 heteroatoms. The molecule has 0 fully saturated rings. The zero-order chi connectivity index (χ0) is 22.3. The van der Waals surface area contributed by atoms with Gasteiger partial charge in [0.05, 0.1) is 0 Å². The molecule has 2 N–H and O–H groups in total. The second kappa shape index (κ2) is 21.7. The van der Waals surface area contributed by atoms with E-state index in [4.69, 9.17) is 5.73 Å². The maximum Gasteiger partial charge on any atom is 0.223 e. The van der Waals surface area contributed by atoms with Gasteiger partial charge in [0, 0.05) is 5.41 Å². The number of amides is 1. The fourth-order valence-electron chi connectivity index (χ4n) is 4.83. The molecule has 0 aliphatic rings. The zero-order valence-electron chi connectivity index (χ0n) is 21.2. The molecule has 0 atom stereocenters. The monoisotopic (exact) mass is 423 g/mol. The molecule has 0 radical (unpaired) electrons. The van der Waals surface area contributed by atoms with Crippen molar-refractivity contribution in [2.75, 3.05) is 0 Å². The van der Waals surface area contributed by atoms with Gasteiger partial charge >= 0.3 is 0 Å². The Labute approximate surface area is 190 Å². The van der Waals surface area contributed by atoms with Crippen molar-refractivity contribution in [3.8, 4) is 0 Å². The van der Waals surface area contributed by atoms with Gasteiger partial charge in [0.2, 0.25) is 5.91 Å². The van der Waals surface area contributed by atoms with Crippen molar-refractivity contribution in [2.24, 2.45) is 11.1 Å². The van der Waals surface area contributed by atoms with Crippen LogP contribution in [0.1, 0.15) is 168 Å². The molecule has 30 heavy (non-hydrogen) atoms. The van der Waals surface area contributed by atoms with Crippen LogP contribution in [-0.2, 0) is 4.79 Å². The molecule has 0 aromatic carbocycles. The number of carbonyl (C=O) groups is 1. The molecule has 0 saturated heterocycles. The van der Waals surface area contributed by atoms with Gasteiger partial charge < -0.3 is 5.73 Å². The smallest absolute Gasteiger partial charge is 0.223 e. The van der Waals surface area contributed by atoms with E-state index in [2.05, 4.69) is 20.8 Å². The van der Waals surface area contributed by atoms with E-state index >= 15 is 0 Å². The molecule has 1 amide bonds. The summed E-state index contributed by atoms with van der Waals surface area (Å²) in [5.74, 6) is -0.00936. The molecule has 0 heterocycles. The first kappa shape index (κ1) is 29.5. The van der Waals surface area contributed by atoms with Gasteiger partial charge in [0.25, 0.3) is 0 Å². The highest BCUT2D eigenvalue weighted by atomic mass is 16.1. The van der Waals surface area contributed by atoms with Crippen molar-refractivity contribution in [2.45, 2.75) is 168 Å². The number of hydrogen-bond acceptors (Lipinski definition) is 1. The van der Waals surface area contributed by atoms with E-state index in [1.54, 1.807) is 0 Å². The summed E-state index contributed by atoms with van der Waals surface area (Å²) in [6.07, 6.45) is 29.2. The molecule has 0 spiro atoms. The van der Waals surface area contributed by atoms with E-state index in [0.717, 1.165) is 19.3 Å². The highest BCUT2D eigenvalue weighted by molar-refractivity contribution is 5.80. The van der Waals surface area contributed by atoms with Gasteiger partial charge in [-0.1, -0.05) is 149 Å². The lowest BCUT2D eigenvalue weighted by atomic mass is 9.73. The Hall–Kier alpha value is -0.530. The van der Waals surface area contributed by atoms with E-state index < -0.39 is 0 Å². The molecule has 0 aromatic rings. The Morgan fingerprint density at radius 1 is 0.467 bits per heavy atom. The van der Waals surface area contributed by atoms with Gasteiger partial charge in [-0.05, 0) is 19.3 Å². The molecular weight excluding hydrogens is 366 g/mol. The zero-order valence-corrected chi connectivity index (χ0v) is 21.2. The van der Waals surface area contributed by atoms with E-state index in [0.29, 0.717) is 0 Å². The second-order valence-electron chi connectivity index (χ2n) is 9.90. The third-order valence-corrected chi connectivity index (χ3v) is 7.05. The van der Waals surface area contributed by atoms with E-state index in [-0.39, 0.29) is 11.3 Å². The molecule has 0 aromatic heterocycles. The van der Waals surface area contributed by atoms with Crippen LogP contribution in [-0.4, -0.2) is 5.91 Å². The third-order valence-electron chi connectivity index (χ3n) is 7.05. The SMILES string of the molecule is CCCCCCCCCCC(CCCCCC)(CCCCCCCCCC)C(N)=O. The molecule has 0 aliphatic heterocycles. The van der Waals surface area contributed by atoms with Crippen molar-refractivity contribution >= 4 is 5.91 Å². The predicted octanol–water partition coefficient (Wildman–Crippen LogP) is 9.49. The highest BCUT2D eigenvalue weighted by Crippen LogP contribution is 2.37. The van der Waals surface area contributed by atoms with Crippen molar-refractivity contribution in [1.29, 1.82) is 0 Å². The summed E-state index contributed by atoms with van der Waals surface area (Å²) in [5.41, 5.74) is 5.81. The minimum Gasteiger partial charge on any atom is -0.369 e. The van der Waals surface area contributed by atoms with Gasteiger partial charge in [-0.15, -0.1) is 0 Å². The summed E-state index contributed by atoms with van der Waals surface area (Å²) in [4.78, 5) is 12.6. The molecule has 0 aliphatic carbocycles. The third kappa shape index (κ3) is 16.2. The van der Waals surface area contributed by atoms with Crippen LogP contribution < -0.4 is 5.73 Å². The van der Waals surface area contributed by atoms with Crippen molar-refractivity contribution < 1.29 is 4.79 Å². The Bertz CT molecular complexity index is 346. The van der Waals surface area contributed by atoms with E-state index in [1.165, 1.54) is 128 Å². The number of carbonyl (C=O) groups excluding carboxylic acids is 1. The van der Waals surface area contributed by atoms with Crippen LogP contribution in [0.2, 0.25) is 0 Å². The van der Waals surface area contributed by atoms with Crippen LogP contribution in [0.3, 0.4) is 0 Å². The van der Waals surface area contributed by atoms with Crippen LogP contribution in [0.4, 0.5) is 0 Å². The molecule has 180 valence electrons. The molecule has 0 unspecified atom stereocenters. The minimum absolute atomic E-state index is 0.00936. The predicted molar refractivity (Wildman–Crippen MR) is 135 cm³/mol. The van der Waals surface area contributed by atoms with Crippen LogP contribution >= 0.6 is 0 Å². The summed E-state index contributed by atoms with van der Waals surface area (Å²) in [6.45, 7) is 6.80. The normalized spacial score (nSPS) is 11.8. The Morgan fingerprint density at radius 3 is 0.967 bits per heavy atom. The maximum atomic E-state index is 12.6. The lowest BCUT2D eigenvalue weighted by Crippen LogP contribution is -2.37. The lowest BCUT2D eigenvalue weighted by Gasteiger charge is -2.31. The minimum atomic E-state index is -0.224. The number of primary amides is 1. The summed E-state index contributed by atoms with van der Waals surface area (Å²) >= 11 is 0. The topological polar surface area (TPSA) is 43.1 Å². The quantitative estimate of drug-likeness (QED) is 0.154. The molecular formula is C28H57NO. The van der Waals surface area contributed by atoms with Gasteiger partial charge in [-0.3, -0.25) is 4.79 Å². The van der Waals surface area contributed by atoms with Crippen molar-refractivity contribution in [3.63, 3.8) is 0 Å². The number of nitrogens with two attached hydrogens (primary N) is 1. The van der Waals surface area contributed by atoms with Gasteiger partial charge in [0.1, 0.15) is 0 Å². The average Bonchev–Trinajstić information content (AvgIpc) is 2.74. The van der Waals surface area contributed by atoms with Crippen LogP contribution in [0.15, 0.2) is 0 Å². The summed E-state index contributed by atoms with van der Waals surface area (Å²) in [7, 11) is 0. The summed E-state index contributed by atoms with van der Waals surface area (Å²) in [5, 5.41) is 0. The van der Waals surface area contributed by atoms with Crippen LogP contribution in [0, 0.1) is 5.41 Å². The molecule has 0 saturated carbocycles. The Morgan fingerprint density at radius 2 is 0.700 bits per heavy atom. The Balaban J connectivity index is 4.35. The number of unbranched alkanes of at least 4 members (excludes halogenated alkanes) is 17. The highest BCUT2D eigenvalue weighted by Gasteiger charge is 2.34. The standard InChI is InChI=1S/C28H57NO/c1-4-7-10-13-15-17-19-22-25-28(27(29)30,24-21-12-9-6-3)26-23-20-18-16-14-11-8-5-2/h4-26H2,1-3H3,(H2,29,30). The molecule has 0 rings (SSSR count).